The topological polar surface area (TPSA) is 24.1 Å². The van der Waals surface area contributed by atoms with Crippen LogP contribution in [-0.2, 0) is 0 Å². The first kappa shape index (κ1) is 11.1. The molecule has 2 N–H and O–H groups in total. The van der Waals surface area contributed by atoms with E-state index in [0.717, 1.165) is 11.3 Å². The Morgan fingerprint density at radius 2 is 1.94 bits per heavy atom. The molecule has 0 spiro atoms. The number of nitrogens with one attached hydrogen (secondary N) is 2. The summed E-state index contributed by atoms with van der Waals surface area (Å²) in [7, 11) is 0. The Bertz CT molecular complexity index is 468. The molecule has 0 fully saturated rings. The van der Waals surface area contributed by atoms with Gasteiger partial charge in [0.25, 0.3) is 0 Å². The third-order valence-corrected chi connectivity index (χ3v) is 3.04. The number of rotatable bonds is 1. The van der Waals surface area contributed by atoms with E-state index in [1.54, 1.807) is 12.1 Å². The second-order valence-electron chi connectivity index (χ2n) is 3.86. The van der Waals surface area contributed by atoms with Crippen LogP contribution >= 0.6 is 12.2 Å². The van der Waals surface area contributed by atoms with Crippen molar-refractivity contribution in [3.63, 3.8) is 0 Å². The highest BCUT2D eigenvalue weighted by atomic mass is 32.1. The Kier molecular flexibility index (Phi) is 2.92. The number of halogens is 1. The summed E-state index contributed by atoms with van der Waals surface area (Å²) in [6.07, 6.45) is 0. The molecule has 0 bridgehead atoms. The summed E-state index contributed by atoms with van der Waals surface area (Å²) >= 11 is 5.08. The van der Waals surface area contributed by atoms with Gasteiger partial charge in [0.15, 0.2) is 5.11 Å². The highest BCUT2D eigenvalue weighted by Gasteiger charge is 2.23. The molecule has 0 aromatic heterocycles. The van der Waals surface area contributed by atoms with Gasteiger partial charge in [0.05, 0.1) is 6.04 Å². The molecule has 1 aromatic carbocycles. The third kappa shape index (κ3) is 1.93. The lowest BCUT2D eigenvalue weighted by atomic mass is 9.97. The second-order valence-corrected chi connectivity index (χ2v) is 4.27. The molecule has 16 heavy (non-hydrogen) atoms. The lowest BCUT2D eigenvalue weighted by Gasteiger charge is -2.29. The first-order valence-electron chi connectivity index (χ1n) is 5.09. The average Bonchev–Trinajstić information content (AvgIpc) is 2.24. The van der Waals surface area contributed by atoms with Crippen LogP contribution in [0.1, 0.15) is 25.5 Å². The van der Waals surface area contributed by atoms with Crippen molar-refractivity contribution in [2.75, 3.05) is 0 Å². The zero-order valence-electron chi connectivity index (χ0n) is 9.17. The highest BCUT2D eigenvalue weighted by molar-refractivity contribution is 7.80. The molecule has 2 nitrogen and oxygen atoms in total. The van der Waals surface area contributed by atoms with Crippen LogP contribution in [0.5, 0.6) is 0 Å². The van der Waals surface area contributed by atoms with E-state index in [1.165, 1.54) is 6.07 Å². The van der Waals surface area contributed by atoms with E-state index in [1.807, 2.05) is 19.9 Å². The molecule has 0 amide bonds. The van der Waals surface area contributed by atoms with E-state index >= 15 is 0 Å². The Balaban J connectivity index is 2.45. The fourth-order valence-corrected chi connectivity index (χ4v) is 2.05. The number of benzene rings is 1. The summed E-state index contributed by atoms with van der Waals surface area (Å²) in [6.45, 7) is 3.91. The minimum Gasteiger partial charge on any atom is -0.352 e. The summed E-state index contributed by atoms with van der Waals surface area (Å²) in [5, 5.41) is 6.64. The molecule has 0 radical (unpaired) electrons. The smallest absolute Gasteiger partial charge is 0.171 e. The van der Waals surface area contributed by atoms with Crippen molar-refractivity contribution in [2.24, 2.45) is 0 Å². The van der Waals surface area contributed by atoms with E-state index in [0.29, 0.717) is 10.7 Å². The minimum atomic E-state index is -0.211. The van der Waals surface area contributed by atoms with Gasteiger partial charge in [-0.2, -0.15) is 0 Å². The predicted octanol–water partition coefficient (Wildman–Crippen LogP) is 2.64. The molecule has 1 aliphatic heterocycles. The predicted molar refractivity (Wildman–Crippen MR) is 66.4 cm³/mol. The summed E-state index contributed by atoms with van der Waals surface area (Å²) in [5.74, 6) is -0.211. The lowest BCUT2D eigenvalue weighted by molar-refractivity contribution is 0.577. The maximum atomic E-state index is 13.7. The number of allylic oxidation sites excluding steroid dienone is 1. The van der Waals surface area contributed by atoms with Gasteiger partial charge in [-0.15, -0.1) is 0 Å². The van der Waals surface area contributed by atoms with E-state index in [-0.39, 0.29) is 11.9 Å². The first-order chi connectivity index (χ1) is 7.59. The molecule has 4 heteroatoms. The molecular formula is C12H13FN2S. The van der Waals surface area contributed by atoms with E-state index in [4.69, 9.17) is 12.2 Å². The molecule has 0 aliphatic carbocycles. The van der Waals surface area contributed by atoms with Gasteiger partial charge >= 0.3 is 0 Å². The zero-order valence-corrected chi connectivity index (χ0v) is 9.99. The fraction of sp³-hybridized carbons (Fsp3) is 0.250. The lowest BCUT2D eigenvalue weighted by Crippen LogP contribution is -2.42. The maximum Gasteiger partial charge on any atom is 0.171 e. The summed E-state index contributed by atoms with van der Waals surface area (Å²) in [6, 6.07) is 6.58. The molecule has 1 aromatic rings. The van der Waals surface area contributed by atoms with Crippen molar-refractivity contribution in [2.45, 2.75) is 19.9 Å². The highest BCUT2D eigenvalue weighted by Crippen LogP contribution is 2.27. The second kappa shape index (κ2) is 4.22. The maximum absolute atomic E-state index is 13.7. The first-order valence-corrected chi connectivity index (χ1v) is 5.49. The number of thiocarbonyl (C=S) groups is 1. The molecule has 1 heterocycles. The Morgan fingerprint density at radius 3 is 2.62 bits per heavy atom. The summed E-state index contributed by atoms with van der Waals surface area (Å²) in [4.78, 5) is 0. The monoisotopic (exact) mass is 236 g/mol. The van der Waals surface area contributed by atoms with Crippen LogP contribution in [0.3, 0.4) is 0 Å². The van der Waals surface area contributed by atoms with Gasteiger partial charge in [0.1, 0.15) is 5.82 Å². The van der Waals surface area contributed by atoms with Crippen molar-refractivity contribution in [1.82, 2.24) is 10.6 Å². The molecule has 2 rings (SSSR count). The SMILES string of the molecule is CC1=C(C)[C@H](c2ccccc2F)NC(=S)N1. The number of hydrogen-bond donors (Lipinski definition) is 2. The Morgan fingerprint density at radius 1 is 1.25 bits per heavy atom. The van der Waals surface area contributed by atoms with Crippen molar-refractivity contribution in [1.29, 1.82) is 0 Å². The minimum absolute atomic E-state index is 0.171. The fourth-order valence-electron chi connectivity index (χ4n) is 1.78. The quantitative estimate of drug-likeness (QED) is 0.733. The Hall–Kier alpha value is -1.42. The molecule has 1 atom stereocenters. The summed E-state index contributed by atoms with van der Waals surface area (Å²) < 4.78 is 13.7. The molecule has 0 saturated heterocycles. The van der Waals surface area contributed by atoms with Crippen LogP contribution in [0.2, 0.25) is 0 Å². The molecule has 84 valence electrons. The van der Waals surface area contributed by atoms with Crippen LogP contribution in [0.15, 0.2) is 35.5 Å². The van der Waals surface area contributed by atoms with E-state index in [9.17, 15) is 4.39 Å². The van der Waals surface area contributed by atoms with Crippen molar-refractivity contribution < 1.29 is 4.39 Å². The van der Waals surface area contributed by atoms with Gasteiger partial charge in [-0.25, -0.2) is 4.39 Å². The van der Waals surface area contributed by atoms with Gasteiger partial charge in [-0.1, -0.05) is 18.2 Å². The number of hydrogen-bond acceptors (Lipinski definition) is 1. The van der Waals surface area contributed by atoms with Crippen molar-refractivity contribution >= 4 is 17.3 Å². The van der Waals surface area contributed by atoms with Gasteiger partial charge < -0.3 is 10.6 Å². The van der Waals surface area contributed by atoms with Crippen LogP contribution in [-0.4, -0.2) is 5.11 Å². The van der Waals surface area contributed by atoms with Crippen molar-refractivity contribution in [3.8, 4) is 0 Å². The van der Waals surface area contributed by atoms with Crippen LogP contribution in [0.25, 0.3) is 0 Å². The average molecular weight is 236 g/mol. The summed E-state index contributed by atoms with van der Waals surface area (Å²) in [5.41, 5.74) is 2.67. The van der Waals surface area contributed by atoms with Crippen LogP contribution in [0, 0.1) is 5.82 Å². The van der Waals surface area contributed by atoms with Gasteiger partial charge in [0, 0.05) is 11.3 Å². The normalized spacial score (nSPS) is 20.4. The van der Waals surface area contributed by atoms with E-state index < -0.39 is 0 Å². The Labute approximate surface area is 99.5 Å². The standard InChI is InChI=1S/C12H13FN2S/c1-7-8(2)14-12(16)15-11(7)9-5-3-4-6-10(9)13/h3-6,11H,1-2H3,(H2,14,15,16)/t11-/m1/s1. The largest absolute Gasteiger partial charge is 0.352 e. The third-order valence-electron chi connectivity index (χ3n) is 2.82. The van der Waals surface area contributed by atoms with Crippen LogP contribution in [0.4, 0.5) is 4.39 Å². The van der Waals surface area contributed by atoms with E-state index in [2.05, 4.69) is 10.6 Å². The van der Waals surface area contributed by atoms with Gasteiger partial charge in [-0.3, -0.25) is 0 Å². The van der Waals surface area contributed by atoms with Crippen LogP contribution < -0.4 is 10.6 Å². The van der Waals surface area contributed by atoms with Crippen molar-refractivity contribution in [3.05, 3.63) is 46.9 Å². The molecule has 0 unspecified atom stereocenters. The zero-order chi connectivity index (χ0) is 11.7. The van der Waals surface area contributed by atoms with Gasteiger partial charge in [0.2, 0.25) is 0 Å². The van der Waals surface area contributed by atoms with Gasteiger partial charge in [-0.05, 0) is 37.7 Å². The molecule has 1 aliphatic rings. The molecule has 0 saturated carbocycles. The molecular weight excluding hydrogens is 223 g/mol.